The minimum Gasteiger partial charge on any atom is -0.387 e. The number of β-amino-alcohol motifs (C(OH)–C–C–N with tert-alkyl or cyclic N) is 1. The number of imidazole rings is 1. The van der Waals surface area contributed by atoms with E-state index in [1.807, 2.05) is 67.1 Å². The molecule has 11 heteroatoms. The Bertz CT molecular complexity index is 1590. The summed E-state index contributed by atoms with van der Waals surface area (Å²) in [5.41, 5.74) is 5.62. The molecule has 0 unspecified atom stereocenters. The predicted molar refractivity (Wildman–Crippen MR) is 173 cm³/mol. The van der Waals surface area contributed by atoms with E-state index in [-0.39, 0.29) is 11.4 Å². The number of carbonyl (C=O) groups excluding carboxylic acids is 1. The summed E-state index contributed by atoms with van der Waals surface area (Å²) >= 11 is 2.95. The topological polar surface area (TPSA) is 117 Å². The average Bonchev–Trinajstić information content (AvgIpc) is 3.74. The first-order chi connectivity index (χ1) is 20.8. The normalized spacial score (nSPS) is 12.2. The lowest BCUT2D eigenvalue weighted by atomic mass is 9.99. The van der Waals surface area contributed by atoms with Crippen molar-refractivity contribution in [1.82, 2.24) is 30.4 Å². The lowest BCUT2D eigenvalue weighted by Crippen LogP contribution is -2.42. The van der Waals surface area contributed by atoms with Crippen LogP contribution in [0.15, 0.2) is 102 Å². The van der Waals surface area contributed by atoms with Crippen LogP contribution in [-0.2, 0) is 13.1 Å². The molecule has 0 aliphatic rings. The maximum Gasteiger partial charge on any atom is 0.251 e. The quantitative estimate of drug-likeness (QED) is 0.114. The van der Waals surface area contributed by atoms with Gasteiger partial charge in [0.2, 0.25) is 0 Å². The molecule has 0 fully saturated rings. The standard InChI is InChI=1S/C32H35N7O2S2/c1-32(2,35-18-29(40)25-7-6-8-26(17-25)38-43-27-9-4-3-5-10-27)15-16-39-20-28(34-21-39)23-11-13-24(14-12-23)31(41)33-19-30-37-36-22-42-30/h3-14,17,20-22,29,35,38,40H,15-16,18-19H2,1-2H3,(H,33,41)/t29-/m0/s1. The fourth-order valence-electron chi connectivity index (χ4n) is 4.36. The highest BCUT2D eigenvalue weighted by Crippen LogP contribution is 2.24. The van der Waals surface area contributed by atoms with E-state index in [2.05, 4.69) is 61.1 Å². The van der Waals surface area contributed by atoms with Gasteiger partial charge < -0.3 is 25.0 Å². The van der Waals surface area contributed by atoms with Crippen molar-refractivity contribution in [3.05, 3.63) is 113 Å². The monoisotopic (exact) mass is 613 g/mol. The second kappa shape index (κ2) is 14.4. The smallest absolute Gasteiger partial charge is 0.251 e. The van der Waals surface area contributed by atoms with Crippen LogP contribution in [0.2, 0.25) is 0 Å². The van der Waals surface area contributed by atoms with Crippen LogP contribution in [0.1, 0.15) is 47.3 Å². The Kier molecular flexibility index (Phi) is 10.2. The molecule has 0 saturated heterocycles. The van der Waals surface area contributed by atoms with E-state index in [0.717, 1.165) is 45.4 Å². The van der Waals surface area contributed by atoms with E-state index < -0.39 is 6.10 Å². The SMILES string of the molecule is CC(C)(CCn1cnc(-c2ccc(C(=O)NCc3nncs3)cc2)c1)NC[C@H](O)c1cccc(NSc2ccccc2)c1. The summed E-state index contributed by atoms with van der Waals surface area (Å²) in [6.07, 6.45) is 4.06. The summed E-state index contributed by atoms with van der Waals surface area (Å²) in [4.78, 5) is 18.1. The van der Waals surface area contributed by atoms with Crippen LogP contribution in [-0.4, -0.2) is 42.8 Å². The number of carbonyl (C=O) groups is 1. The molecule has 2 aromatic heterocycles. The van der Waals surface area contributed by atoms with Gasteiger partial charge in [0, 0.05) is 46.5 Å². The molecule has 43 heavy (non-hydrogen) atoms. The van der Waals surface area contributed by atoms with E-state index >= 15 is 0 Å². The molecule has 0 saturated carbocycles. The zero-order chi connectivity index (χ0) is 30.1. The Balaban J connectivity index is 1.08. The fourth-order valence-corrected chi connectivity index (χ4v) is 5.48. The van der Waals surface area contributed by atoms with Gasteiger partial charge in [-0.25, -0.2) is 4.98 Å². The molecule has 4 N–H and O–H groups in total. The van der Waals surface area contributed by atoms with Crippen LogP contribution < -0.4 is 15.4 Å². The van der Waals surface area contributed by atoms with Gasteiger partial charge in [-0.3, -0.25) is 4.79 Å². The first-order valence-corrected chi connectivity index (χ1v) is 15.7. The molecule has 0 aliphatic heterocycles. The first-order valence-electron chi connectivity index (χ1n) is 14.0. The highest BCUT2D eigenvalue weighted by molar-refractivity contribution is 8.00. The molecule has 0 aliphatic carbocycles. The van der Waals surface area contributed by atoms with Crippen molar-refractivity contribution in [2.24, 2.45) is 0 Å². The van der Waals surface area contributed by atoms with Crippen molar-refractivity contribution in [3.63, 3.8) is 0 Å². The predicted octanol–water partition coefficient (Wildman–Crippen LogP) is 5.94. The molecule has 5 rings (SSSR count). The molecule has 0 bridgehead atoms. The number of hydrogen-bond donors (Lipinski definition) is 4. The summed E-state index contributed by atoms with van der Waals surface area (Å²) < 4.78 is 5.42. The van der Waals surface area contributed by atoms with Gasteiger partial charge >= 0.3 is 0 Å². The minimum absolute atomic E-state index is 0.154. The van der Waals surface area contributed by atoms with Crippen LogP contribution in [0.5, 0.6) is 0 Å². The van der Waals surface area contributed by atoms with Crippen molar-refractivity contribution >= 4 is 34.9 Å². The summed E-state index contributed by atoms with van der Waals surface area (Å²) in [6, 6.07) is 25.4. The van der Waals surface area contributed by atoms with Crippen LogP contribution in [0, 0.1) is 0 Å². The van der Waals surface area contributed by atoms with Crippen molar-refractivity contribution < 1.29 is 9.90 Å². The third-order valence-corrected chi connectivity index (χ3v) is 8.50. The number of amides is 1. The number of anilines is 1. The number of benzene rings is 3. The minimum atomic E-state index is -0.628. The summed E-state index contributed by atoms with van der Waals surface area (Å²) in [5.74, 6) is -0.154. The summed E-state index contributed by atoms with van der Waals surface area (Å²) in [6.45, 7) is 5.85. The molecule has 0 radical (unpaired) electrons. The molecular formula is C32H35N7O2S2. The number of nitrogens with zero attached hydrogens (tertiary/aromatic N) is 4. The molecule has 1 atom stereocenters. The lowest BCUT2D eigenvalue weighted by Gasteiger charge is -2.28. The number of aliphatic hydroxyl groups is 1. The van der Waals surface area contributed by atoms with E-state index in [1.165, 1.54) is 11.3 Å². The first kappa shape index (κ1) is 30.4. The lowest BCUT2D eigenvalue weighted by molar-refractivity contribution is 0.0951. The van der Waals surface area contributed by atoms with Crippen molar-refractivity contribution in [1.29, 1.82) is 0 Å². The molecule has 2 heterocycles. The van der Waals surface area contributed by atoms with Crippen LogP contribution >= 0.6 is 23.3 Å². The van der Waals surface area contributed by atoms with Crippen LogP contribution in [0.25, 0.3) is 11.3 Å². The van der Waals surface area contributed by atoms with Gasteiger partial charge in [0.1, 0.15) is 10.5 Å². The molecule has 1 amide bonds. The van der Waals surface area contributed by atoms with E-state index in [0.29, 0.717) is 18.7 Å². The number of nitrogens with one attached hydrogen (secondary N) is 3. The third kappa shape index (κ3) is 8.98. The number of aromatic nitrogens is 4. The van der Waals surface area contributed by atoms with E-state index in [9.17, 15) is 9.90 Å². The summed E-state index contributed by atoms with van der Waals surface area (Å²) in [5, 5.41) is 25.8. The van der Waals surface area contributed by atoms with Gasteiger partial charge in [-0.05, 0) is 74.2 Å². The third-order valence-electron chi connectivity index (χ3n) is 6.95. The maximum atomic E-state index is 12.4. The Morgan fingerprint density at radius 1 is 1.07 bits per heavy atom. The molecule has 0 spiro atoms. The second-order valence-electron chi connectivity index (χ2n) is 10.8. The maximum absolute atomic E-state index is 12.4. The molecule has 9 nitrogen and oxygen atoms in total. The van der Waals surface area contributed by atoms with E-state index in [4.69, 9.17) is 0 Å². The van der Waals surface area contributed by atoms with Gasteiger partial charge in [0.05, 0.1) is 24.7 Å². The van der Waals surface area contributed by atoms with Gasteiger partial charge in [0.25, 0.3) is 5.91 Å². The van der Waals surface area contributed by atoms with Gasteiger partial charge in [0.15, 0.2) is 0 Å². The number of aryl methyl sites for hydroxylation is 1. The number of hydrogen-bond acceptors (Lipinski definition) is 9. The van der Waals surface area contributed by atoms with Crippen molar-refractivity contribution in [2.45, 2.75) is 49.9 Å². The van der Waals surface area contributed by atoms with E-state index in [1.54, 1.807) is 29.6 Å². The van der Waals surface area contributed by atoms with Crippen molar-refractivity contribution in [2.75, 3.05) is 11.3 Å². The fraction of sp³-hybridized carbons (Fsp3) is 0.250. The Hall–Kier alpha value is -4.03. The van der Waals surface area contributed by atoms with Crippen molar-refractivity contribution in [3.8, 4) is 11.3 Å². The summed E-state index contributed by atoms with van der Waals surface area (Å²) in [7, 11) is 0. The largest absolute Gasteiger partial charge is 0.387 e. The van der Waals surface area contributed by atoms with Crippen LogP contribution in [0.3, 0.4) is 0 Å². The number of rotatable bonds is 14. The van der Waals surface area contributed by atoms with Gasteiger partial charge in [-0.15, -0.1) is 21.5 Å². The highest BCUT2D eigenvalue weighted by Gasteiger charge is 2.20. The van der Waals surface area contributed by atoms with Crippen LogP contribution in [0.4, 0.5) is 5.69 Å². The highest BCUT2D eigenvalue weighted by atomic mass is 32.2. The molecular weight excluding hydrogens is 579 g/mol. The van der Waals surface area contributed by atoms with Gasteiger partial charge in [-0.2, -0.15) is 0 Å². The zero-order valence-electron chi connectivity index (χ0n) is 24.1. The molecule has 222 valence electrons. The Morgan fingerprint density at radius 2 is 1.88 bits per heavy atom. The zero-order valence-corrected chi connectivity index (χ0v) is 25.7. The Morgan fingerprint density at radius 3 is 2.65 bits per heavy atom. The average molecular weight is 614 g/mol. The second-order valence-corrected chi connectivity index (χ2v) is 12.6. The number of aliphatic hydroxyl groups excluding tert-OH is 1. The Labute approximate surface area is 259 Å². The van der Waals surface area contributed by atoms with Gasteiger partial charge in [-0.1, -0.05) is 42.5 Å². The molecule has 5 aromatic rings. The molecule has 3 aromatic carbocycles.